The third-order valence-electron chi connectivity index (χ3n) is 4.09. The average molecular weight is 329 g/mol. The van der Waals surface area contributed by atoms with Gasteiger partial charge in [0.25, 0.3) is 0 Å². The number of nitrogens with one attached hydrogen (secondary N) is 1. The van der Waals surface area contributed by atoms with Gasteiger partial charge in [-0.05, 0) is 47.2 Å². The van der Waals surface area contributed by atoms with Crippen LogP contribution in [0, 0.1) is 11.7 Å². The van der Waals surface area contributed by atoms with Gasteiger partial charge in [-0.15, -0.1) is 0 Å². The molecule has 0 radical (unpaired) electrons. The summed E-state index contributed by atoms with van der Waals surface area (Å²) in [4.78, 5) is 0. The molecule has 0 spiro atoms. The fourth-order valence-corrected chi connectivity index (χ4v) is 3.34. The molecule has 106 valence electrons. The maximum atomic E-state index is 13.6. The van der Waals surface area contributed by atoms with Gasteiger partial charge in [0.05, 0.1) is 15.8 Å². The zero-order chi connectivity index (χ0) is 13.8. The van der Waals surface area contributed by atoms with Crippen molar-refractivity contribution in [3.05, 3.63) is 22.4 Å². The van der Waals surface area contributed by atoms with Crippen molar-refractivity contribution in [1.29, 1.82) is 0 Å². The second-order valence-corrected chi connectivity index (χ2v) is 6.27. The van der Waals surface area contributed by atoms with Crippen molar-refractivity contribution < 1.29 is 4.39 Å². The minimum absolute atomic E-state index is 0.268. The molecule has 0 bridgehead atoms. The monoisotopic (exact) mass is 328 g/mol. The van der Waals surface area contributed by atoms with Gasteiger partial charge in [-0.3, -0.25) is 0 Å². The standard InChI is InChI=1S/C15H22BrFN2/c1-2-14(10-6-4-3-5-7-10)19-15-9-12(17)11(16)8-13(15)18/h8-10,14,19H,2-7,18H2,1H3. The summed E-state index contributed by atoms with van der Waals surface area (Å²) in [5, 5.41) is 3.45. The molecule has 1 aliphatic carbocycles. The van der Waals surface area contributed by atoms with Crippen LogP contribution >= 0.6 is 15.9 Å². The van der Waals surface area contributed by atoms with Crippen molar-refractivity contribution >= 4 is 27.3 Å². The topological polar surface area (TPSA) is 38.0 Å². The Morgan fingerprint density at radius 1 is 1.37 bits per heavy atom. The Morgan fingerprint density at radius 3 is 2.68 bits per heavy atom. The summed E-state index contributed by atoms with van der Waals surface area (Å²) in [5.41, 5.74) is 7.28. The van der Waals surface area contributed by atoms with Crippen LogP contribution in [0.2, 0.25) is 0 Å². The highest BCUT2D eigenvalue weighted by atomic mass is 79.9. The lowest BCUT2D eigenvalue weighted by Gasteiger charge is -2.31. The van der Waals surface area contributed by atoms with Crippen LogP contribution in [0.4, 0.5) is 15.8 Å². The van der Waals surface area contributed by atoms with Crippen molar-refractivity contribution in [3.63, 3.8) is 0 Å². The first-order valence-corrected chi connectivity index (χ1v) is 7.92. The lowest BCUT2D eigenvalue weighted by Crippen LogP contribution is -2.30. The summed E-state index contributed by atoms with van der Waals surface area (Å²) in [5.74, 6) is 0.417. The van der Waals surface area contributed by atoms with Crippen LogP contribution in [-0.4, -0.2) is 6.04 Å². The molecule has 1 saturated carbocycles. The molecule has 0 saturated heterocycles. The predicted molar refractivity (Wildman–Crippen MR) is 82.8 cm³/mol. The second-order valence-electron chi connectivity index (χ2n) is 5.41. The smallest absolute Gasteiger partial charge is 0.139 e. The van der Waals surface area contributed by atoms with E-state index in [1.807, 2.05) is 0 Å². The van der Waals surface area contributed by atoms with E-state index in [4.69, 9.17) is 5.73 Å². The first-order chi connectivity index (χ1) is 9.11. The molecule has 2 rings (SSSR count). The molecule has 1 atom stereocenters. The zero-order valence-corrected chi connectivity index (χ0v) is 13.0. The van der Waals surface area contributed by atoms with Gasteiger partial charge >= 0.3 is 0 Å². The highest BCUT2D eigenvalue weighted by Gasteiger charge is 2.22. The molecule has 1 unspecified atom stereocenters. The van der Waals surface area contributed by atoms with Gasteiger partial charge in [-0.25, -0.2) is 4.39 Å². The van der Waals surface area contributed by atoms with Gasteiger partial charge in [0, 0.05) is 12.1 Å². The molecule has 1 aromatic carbocycles. The first-order valence-electron chi connectivity index (χ1n) is 7.13. The molecule has 3 N–H and O–H groups in total. The van der Waals surface area contributed by atoms with E-state index in [1.165, 1.54) is 38.2 Å². The minimum atomic E-state index is -0.268. The first kappa shape index (κ1) is 14.6. The molecule has 0 heterocycles. The van der Waals surface area contributed by atoms with Gasteiger partial charge in [0.1, 0.15) is 5.82 Å². The SMILES string of the molecule is CCC(Nc1cc(F)c(Br)cc1N)C1CCCCC1. The molecule has 2 nitrogen and oxygen atoms in total. The third-order valence-corrected chi connectivity index (χ3v) is 4.70. The van der Waals surface area contributed by atoms with Crippen molar-refractivity contribution in [2.24, 2.45) is 5.92 Å². The number of benzene rings is 1. The van der Waals surface area contributed by atoms with Crippen molar-refractivity contribution in [1.82, 2.24) is 0 Å². The average Bonchev–Trinajstić information content (AvgIpc) is 2.42. The van der Waals surface area contributed by atoms with E-state index in [-0.39, 0.29) is 5.82 Å². The number of nitrogens with two attached hydrogens (primary N) is 1. The fraction of sp³-hybridized carbons (Fsp3) is 0.600. The van der Waals surface area contributed by atoms with Gasteiger partial charge in [-0.2, -0.15) is 0 Å². The Labute approximate surface area is 123 Å². The molecule has 0 aliphatic heterocycles. The van der Waals surface area contributed by atoms with Crippen LogP contribution in [-0.2, 0) is 0 Å². The predicted octanol–water partition coefficient (Wildman–Crippen LogP) is 4.94. The largest absolute Gasteiger partial charge is 0.397 e. The van der Waals surface area contributed by atoms with Crippen LogP contribution in [0.25, 0.3) is 0 Å². The Balaban J connectivity index is 2.11. The van der Waals surface area contributed by atoms with E-state index < -0.39 is 0 Å². The van der Waals surface area contributed by atoms with E-state index in [9.17, 15) is 4.39 Å². The van der Waals surface area contributed by atoms with Crippen LogP contribution in [0.15, 0.2) is 16.6 Å². The van der Waals surface area contributed by atoms with E-state index in [1.54, 1.807) is 6.07 Å². The molecule has 1 aliphatic rings. The summed E-state index contributed by atoms with van der Waals surface area (Å²) in [6.07, 6.45) is 7.55. The lowest BCUT2D eigenvalue weighted by molar-refractivity contribution is 0.313. The summed E-state index contributed by atoms with van der Waals surface area (Å²) >= 11 is 3.16. The molecule has 0 aromatic heterocycles. The number of nitrogen functional groups attached to an aromatic ring is 1. The summed E-state index contributed by atoms with van der Waals surface area (Å²) in [6.45, 7) is 2.18. The normalized spacial score (nSPS) is 18.3. The molecule has 0 amide bonds. The number of rotatable bonds is 4. The molecule has 1 aromatic rings. The Bertz CT molecular complexity index is 430. The Morgan fingerprint density at radius 2 is 2.05 bits per heavy atom. The van der Waals surface area contributed by atoms with E-state index >= 15 is 0 Å². The Hall–Kier alpha value is -0.770. The maximum Gasteiger partial charge on any atom is 0.139 e. The Kier molecular flexibility index (Phi) is 5.08. The third kappa shape index (κ3) is 3.62. The second kappa shape index (κ2) is 6.60. The lowest BCUT2D eigenvalue weighted by atomic mass is 9.83. The quantitative estimate of drug-likeness (QED) is 0.768. The summed E-state index contributed by atoms with van der Waals surface area (Å²) in [7, 11) is 0. The van der Waals surface area contributed by atoms with Crippen molar-refractivity contribution in [2.75, 3.05) is 11.1 Å². The van der Waals surface area contributed by atoms with Crippen LogP contribution in [0.3, 0.4) is 0 Å². The highest BCUT2D eigenvalue weighted by molar-refractivity contribution is 9.10. The van der Waals surface area contributed by atoms with E-state index in [0.717, 1.165) is 12.1 Å². The van der Waals surface area contributed by atoms with Gasteiger partial charge in [0.15, 0.2) is 0 Å². The molecular weight excluding hydrogens is 307 g/mol. The van der Waals surface area contributed by atoms with Crippen molar-refractivity contribution in [3.8, 4) is 0 Å². The van der Waals surface area contributed by atoms with Crippen molar-refractivity contribution in [2.45, 2.75) is 51.5 Å². The van der Waals surface area contributed by atoms with Gasteiger partial charge < -0.3 is 11.1 Å². The summed E-state index contributed by atoms with van der Waals surface area (Å²) in [6, 6.07) is 3.51. The molecule has 19 heavy (non-hydrogen) atoms. The molecular formula is C15H22BrFN2. The van der Waals surface area contributed by atoms with Crippen LogP contribution < -0.4 is 11.1 Å². The number of halogens is 2. The van der Waals surface area contributed by atoms with Gasteiger partial charge in [-0.1, -0.05) is 26.2 Å². The molecule has 1 fully saturated rings. The number of hydrogen-bond donors (Lipinski definition) is 2. The fourth-order valence-electron chi connectivity index (χ4n) is 2.98. The highest BCUT2D eigenvalue weighted by Crippen LogP contribution is 2.32. The van der Waals surface area contributed by atoms with E-state index in [0.29, 0.717) is 22.1 Å². The van der Waals surface area contributed by atoms with Gasteiger partial charge in [0.2, 0.25) is 0 Å². The zero-order valence-electron chi connectivity index (χ0n) is 11.4. The van der Waals surface area contributed by atoms with Crippen LogP contribution in [0.1, 0.15) is 45.4 Å². The number of anilines is 2. The van der Waals surface area contributed by atoms with Crippen LogP contribution in [0.5, 0.6) is 0 Å². The van der Waals surface area contributed by atoms with E-state index in [2.05, 4.69) is 28.2 Å². The molecule has 4 heteroatoms. The minimum Gasteiger partial charge on any atom is -0.397 e. The number of hydrogen-bond acceptors (Lipinski definition) is 2. The summed E-state index contributed by atoms with van der Waals surface area (Å²) < 4.78 is 14.0. The maximum absolute atomic E-state index is 13.6.